The number of unbranched alkanes of at least 4 members (excludes halogenated alkanes) is 1. The molecule has 0 aliphatic carbocycles. The molecule has 4 amide bonds. The van der Waals surface area contributed by atoms with Crippen molar-refractivity contribution in [3.8, 4) is 5.75 Å². The molecule has 2 fully saturated rings. The Morgan fingerprint density at radius 3 is 2.53 bits per heavy atom. The van der Waals surface area contributed by atoms with Crippen molar-refractivity contribution in [2.24, 2.45) is 0 Å². The van der Waals surface area contributed by atoms with Gasteiger partial charge in [0, 0.05) is 31.8 Å². The highest BCUT2D eigenvalue weighted by Gasteiger charge is 2.50. The average Bonchev–Trinajstić information content (AvgIpc) is 2.89. The fourth-order valence-electron chi connectivity index (χ4n) is 4.98. The summed E-state index contributed by atoms with van der Waals surface area (Å²) in [7, 11) is 3.22. The minimum atomic E-state index is -0.782. The summed E-state index contributed by atoms with van der Waals surface area (Å²) in [6, 6.07) is 9.30. The smallest absolute Gasteiger partial charge is 0.334 e. The van der Waals surface area contributed by atoms with Crippen LogP contribution in [-0.2, 0) is 22.7 Å². The Kier molecular flexibility index (Phi) is 8.45. The van der Waals surface area contributed by atoms with E-state index >= 15 is 0 Å². The first-order chi connectivity index (χ1) is 18.2. The number of hydrogen-bond acceptors (Lipinski definition) is 5. The zero-order valence-electron chi connectivity index (χ0n) is 21.8. The zero-order chi connectivity index (χ0) is 27.4. The first-order valence-corrected chi connectivity index (χ1v) is 12.7. The van der Waals surface area contributed by atoms with Crippen molar-refractivity contribution >= 4 is 17.8 Å². The number of likely N-dealkylation sites (N-methyl/N-ethyl adjacent to an activating group) is 1. The van der Waals surface area contributed by atoms with Crippen molar-refractivity contribution in [1.29, 1.82) is 0 Å². The number of rotatable bonds is 8. The van der Waals surface area contributed by atoms with Gasteiger partial charge in [0.05, 0.1) is 20.2 Å². The third kappa shape index (κ3) is 5.72. The number of halogens is 2. The van der Waals surface area contributed by atoms with Crippen LogP contribution in [0.25, 0.3) is 0 Å². The van der Waals surface area contributed by atoms with Gasteiger partial charge in [-0.2, -0.15) is 0 Å². The third-order valence-electron chi connectivity index (χ3n) is 6.96. The van der Waals surface area contributed by atoms with E-state index in [0.29, 0.717) is 18.6 Å². The lowest BCUT2D eigenvalue weighted by molar-refractivity contribution is -0.188. The van der Waals surface area contributed by atoms with Crippen molar-refractivity contribution in [2.45, 2.75) is 51.5 Å². The predicted octanol–water partition coefficient (Wildman–Crippen LogP) is 3.10. The van der Waals surface area contributed by atoms with Crippen molar-refractivity contribution in [2.75, 3.05) is 27.2 Å². The average molecular weight is 530 g/mol. The van der Waals surface area contributed by atoms with Crippen LogP contribution in [0, 0.1) is 11.6 Å². The van der Waals surface area contributed by atoms with Crippen LogP contribution in [0.1, 0.15) is 37.3 Å². The number of carbonyl (C=O) groups is 3. The summed E-state index contributed by atoms with van der Waals surface area (Å²) in [4.78, 5) is 43.1. The molecule has 2 heterocycles. The van der Waals surface area contributed by atoms with E-state index in [4.69, 9.17) is 4.74 Å². The van der Waals surface area contributed by atoms with E-state index in [2.05, 4.69) is 5.32 Å². The molecule has 0 aromatic heterocycles. The molecular weight excluding hydrogens is 496 g/mol. The van der Waals surface area contributed by atoms with Gasteiger partial charge < -0.3 is 19.9 Å². The molecular formula is C27H33F2N5O4. The molecule has 0 bridgehead atoms. The second-order valence-corrected chi connectivity index (χ2v) is 9.56. The fraction of sp³-hybridized carbons (Fsp3) is 0.444. The number of piperazine rings is 1. The van der Waals surface area contributed by atoms with E-state index in [-0.39, 0.29) is 43.6 Å². The van der Waals surface area contributed by atoms with Crippen LogP contribution in [0.4, 0.5) is 13.6 Å². The lowest BCUT2D eigenvalue weighted by Gasteiger charge is -2.54. The van der Waals surface area contributed by atoms with Gasteiger partial charge >= 0.3 is 6.03 Å². The molecule has 9 nitrogen and oxygen atoms in total. The Morgan fingerprint density at radius 1 is 1.13 bits per heavy atom. The van der Waals surface area contributed by atoms with Gasteiger partial charge in [0.2, 0.25) is 11.8 Å². The molecule has 38 heavy (non-hydrogen) atoms. The van der Waals surface area contributed by atoms with Gasteiger partial charge in [-0.1, -0.05) is 38.0 Å². The summed E-state index contributed by atoms with van der Waals surface area (Å²) in [6.45, 7) is 2.06. The Balaban J connectivity index is 1.59. The molecule has 2 unspecified atom stereocenters. The van der Waals surface area contributed by atoms with Gasteiger partial charge in [0.15, 0.2) is 0 Å². The minimum absolute atomic E-state index is 0.00961. The molecule has 204 valence electrons. The number of methoxy groups -OCH3 is 1. The molecule has 0 saturated carbocycles. The van der Waals surface area contributed by atoms with E-state index < -0.39 is 29.9 Å². The molecule has 2 aliphatic rings. The maximum absolute atomic E-state index is 14.5. The molecule has 4 rings (SSSR count). The number of ether oxygens (including phenoxy) is 1. The molecule has 2 saturated heterocycles. The van der Waals surface area contributed by atoms with Crippen LogP contribution in [0.3, 0.4) is 0 Å². The largest absolute Gasteiger partial charge is 0.497 e. The molecule has 2 aliphatic heterocycles. The molecule has 1 N–H and O–H groups in total. The molecule has 0 radical (unpaired) electrons. The van der Waals surface area contributed by atoms with Gasteiger partial charge in [-0.25, -0.2) is 23.6 Å². The molecule has 0 spiro atoms. The van der Waals surface area contributed by atoms with Gasteiger partial charge in [-0.05, 0) is 30.2 Å². The summed E-state index contributed by atoms with van der Waals surface area (Å²) in [5.41, 5.74) is 1.02. The predicted molar refractivity (Wildman–Crippen MR) is 135 cm³/mol. The Hall–Kier alpha value is -3.73. The number of nitrogens with zero attached hydrogens (tertiary/aromatic N) is 4. The maximum Gasteiger partial charge on any atom is 0.334 e. The maximum atomic E-state index is 14.5. The SMILES string of the molecule is CCCCC1C(=O)N(Cc2ccc(F)cc2F)CC2N1C(=O)CN(C)N2C(=O)NCc1ccc(OC)cc1. The minimum Gasteiger partial charge on any atom is -0.497 e. The van der Waals surface area contributed by atoms with Crippen LogP contribution in [-0.4, -0.2) is 77.1 Å². The number of carbonyl (C=O) groups excluding carboxylic acids is 3. The first kappa shape index (κ1) is 27.3. The molecule has 2 atom stereocenters. The van der Waals surface area contributed by atoms with E-state index in [1.54, 1.807) is 26.3 Å². The summed E-state index contributed by atoms with van der Waals surface area (Å²) in [5.74, 6) is -1.32. The van der Waals surface area contributed by atoms with Crippen LogP contribution >= 0.6 is 0 Å². The van der Waals surface area contributed by atoms with Crippen molar-refractivity contribution in [1.82, 2.24) is 25.1 Å². The lowest BCUT2D eigenvalue weighted by Crippen LogP contribution is -2.75. The molecule has 11 heteroatoms. The van der Waals surface area contributed by atoms with Crippen LogP contribution in [0.5, 0.6) is 5.75 Å². The first-order valence-electron chi connectivity index (χ1n) is 12.7. The van der Waals surface area contributed by atoms with Crippen molar-refractivity contribution < 1.29 is 27.9 Å². The van der Waals surface area contributed by atoms with E-state index in [0.717, 1.165) is 24.1 Å². The quantitative estimate of drug-likeness (QED) is 0.568. The fourth-order valence-corrected chi connectivity index (χ4v) is 4.98. The standard InChI is InChI=1S/C27H33F2N5O4/c1-4-5-6-23-26(36)32(15-19-9-10-20(28)13-22(19)29)16-24-33(23)25(35)17-31(2)34(24)27(37)30-14-18-7-11-21(38-3)12-8-18/h7-13,23-24H,4-6,14-17H2,1-3H3,(H,30,37). The molecule has 2 aromatic carbocycles. The van der Waals surface area contributed by atoms with E-state index in [1.807, 2.05) is 19.1 Å². The number of benzene rings is 2. The summed E-state index contributed by atoms with van der Waals surface area (Å²) in [6.07, 6.45) is 1.16. The highest BCUT2D eigenvalue weighted by Crippen LogP contribution is 2.29. The van der Waals surface area contributed by atoms with Gasteiger partial charge in [0.25, 0.3) is 0 Å². The number of amides is 4. The number of nitrogens with one attached hydrogen (secondary N) is 1. The zero-order valence-corrected chi connectivity index (χ0v) is 21.8. The highest BCUT2D eigenvalue weighted by atomic mass is 19.1. The Bertz CT molecular complexity index is 1180. The second-order valence-electron chi connectivity index (χ2n) is 9.56. The Morgan fingerprint density at radius 2 is 1.87 bits per heavy atom. The van der Waals surface area contributed by atoms with E-state index in [1.165, 1.54) is 25.9 Å². The number of hydrogen-bond donors (Lipinski definition) is 1. The van der Waals surface area contributed by atoms with Gasteiger partial charge in [-0.3, -0.25) is 9.59 Å². The highest BCUT2D eigenvalue weighted by molar-refractivity contribution is 5.91. The van der Waals surface area contributed by atoms with Gasteiger partial charge in [-0.15, -0.1) is 0 Å². The molecule has 2 aromatic rings. The number of urea groups is 1. The van der Waals surface area contributed by atoms with E-state index in [9.17, 15) is 23.2 Å². The lowest BCUT2D eigenvalue weighted by atomic mass is 10.0. The normalized spacial score (nSPS) is 20.0. The van der Waals surface area contributed by atoms with Crippen LogP contribution in [0.2, 0.25) is 0 Å². The monoisotopic (exact) mass is 529 g/mol. The third-order valence-corrected chi connectivity index (χ3v) is 6.96. The summed E-state index contributed by atoms with van der Waals surface area (Å²) in [5, 5.41) is 5.88. The van der Waals surface area contributed by atoms with Crippen molar-refractivity contribution in [3.05, 3.63) is 65.2 Å². The topological polar surface area (TPSA) is 85.4 Å². The Labute approximate surface area is 220 Å². The number of hydrazine groups is 1. The van der Waals surface area contributed by atoms with Crippen LogP contribution < -0.4 is 10.1 Å². The summed E-state index contributed by atoms with van der Waals surface area (Å²) >= 11 is 0. The van der Waals surface area contributed by atoms with Gasteiger partial charge in [0.1, 0.15) is 29.6 Å². The second kappa shape index (κ2) is 11.8. The summed E-state index contributed by atoms with van der Waals surface area (Å²) < 4.78 is 33.1. The van der Waals surface area contributed by atoms with Crippen LogP contribution in [0.15, 0.2) is 42.5 Å². The number of fused-ring (bicyclic) bond motifs is 1. The van der Waals surface area contributed by atoms with Crippen molar-refractivity contribution in [3.63, 3.8) is 0 Å².